The molecule has 2 aromatic rings. The molecule has 0 aliphatic carbocycles. The average molecular weight is 341 g/mol. The van der Waals surface area contributed by atoms with Crippen molar-refractivity contribution in [2.24, 2.45) is 0 Å². The van der Waals surface area contributed by atoms with E-state index in [1.807, 2.05) is 0 Å². The number of rotatable bonds is 4. The molecule has 0 N–H and O–H groups in total. The van der Waals surface area contributed by atoms with E-state index in [2.05, 4.69) is 9.97 Å². The van der Waals surface area contributed by atoms with Gasteiger partial charge in [0.05, 0.1) is 17.6 Å². The maximum absolute atomic E-state index is 13.2. The molecule has 3 rings (SSSR count). The SMILES string of the molecule is O=S(=O)(c1cc(F)cc(F)c1)N1CCC(Oc2cnccn2)C1. The van der Waals surface area contributed by atoms with E-state index in [1.54, 1.807) is 0 Å². The highest BCUT2D eigenvalue weighted by Crippen LogP contribution is 2.24. The minimum absolute atomic E-state index is 0.0804. The van der Waals surface area contributed by atoms with Crippen LogP contribution in [0.15, 0.2) is 41.7 Å². The lowest BCUT2D eigenvalue weighted by Crippen LogP contribution is -2.31. The monoisotopic (exact) mass is 341 g/mol. The normalized spacial score (nSPS) is 19.0. The van der Waals surface area contributed by atoms with E-state index in [0.717, 1.165) is 16.4 Å². The molecule has 1 atom stereocenters. The van der Waals surface area contributed by atoms with Gasteiger partial charge in [-0.1, -0.05) is 0 Å². The molecule has 0 amide bonds. The van der Waals surface area contributed by atoms with Crippen molar-refractivity contribution >= 4 is 10.0 Å². The van der Waals surface area contributed by atoms with Gasteiger partial charge in [-0.25, -0.2) is 22.2 Å². The smallest absolute Gasteiger partial charge is 0.243 e. The van der Waals surface area contributed by atoms with Crippen LogP contribution in [0, 0.1) is 11.6 Å². The van der Waals surface area contributed by atoms with Crippen LogP contribution in [0.25, 0.3) is 0 Å². The first-order valence-corrected chi connectivity index (χ1v) is 8.28. The molecule has 2 heterocycles. The molecule has 1 aromatic carbocycles. The molecule has 6 nitrogen and oxygen atoms in total. The predicted molar refractivity (Wildman–Crippen MR) is 76.2 cm³/mol. The Bertz CT molecular complexity index is 782. The lowest BCUT2D eigenvalue weighted by atomic mass is 10.3. The van der Waals surface area contributed by atoms with Crippen LogP contribution >= 0.6 is 0 Å². The second-order valence-corrected chi connectivity index (χ2v) is 6.98. The van der Waals surface area contributed by atoms with Gasteiger partial charge in [0.1, 0.15) is 17.7 Å². The predicted octanol–water partition coefficient (Wildman–Crippen LogP) is 1.60. The van der Waals surface area contributed by atoms with E-state index in [0.29, 0.717) is 18.4 Å². The Morgan fingerprint density at radius 1 is 1.17 bits per heavy atom. The van der Waals surface area contributed by atoms with Crippen molar-refractivity contribution in [1.29, 1.82) is 0 Å². The Kier molecular flexibility index (Phi) is 4.22. The molecule has 0 spiro atoms. The van der Waals surface area contributed by atoms with Gasteiger partial charge in [-0.15, -0.1) is 0 Å². The Morgan fingerprint density at radius 2 is 1.91 bits per heavy atom. The summed E-state index contributed by atoms with van der Waals surface area (Å²) in [7, 11) is -3.97. The summed E-state index contributed by atoms with van der Waals surface area (Å²) in [5, 5.41) is 0. The standard InChI is InChI=1S/C14H13F2N3O3S/c15-10-5-11(16)7-13(6-10)23(20,21)19-4-1-12(9-19)22-14-8-17-2-3-18-14/h2-3,5-8,12H,1,4,9H2. The fraction of sp³-hybridized carbons (Fsp3) is 0.286. The van der Waals surface area contributed by atoms with Gasteiger partial charge < -0.3 is 4.74 Å². The van der Waals surface area contributed by atoms with Crippen molar-refractivity contribution < 1.29 is 21.9 Å². The molecule has 1 aromatic heterocycles. The molecule has 122 valence electrons. The lowest BCUT2D eigenvalue weighted by Gasteiger charge is -2.17. The summed E-state index contributed by atoms with van der Waals surface area (Å²) < 4.78 is 58.1. The highest BCUT2D eigenvalue weighted by molar-refractivity contribution is 7.89. The number of benzene rings is 1. The minimum Gasteiger partial charge on any atom is -0.472 e. The number of nitrogens with zero attached hydrogens (tertiary/aromatic N) is 3. The average Bonchev–Trinajstić information content (AvgIpc) is 2.96. The van der Waals surface area contributed by atoms with Crippen molar-refractivity contribution in [2.75, 3.05) is 13.1 Å². The maximum atomic E-state index is 13.2. The summed E-state index contributed by atoms with van der Waals surface area (Å²) in [6.45, 7) is 0.280. The van der Waals surface area contributed by atoms with Crippen molar-refractivity contribution in [2.45, 2.75) is 17.4 Å². The van der Waals surface area contributed by atoms with Crippen LogP contribution in [0.5, 0.6) is 5.88 Å². The third-order valence-corrected chi connectivity index (χ3v) is 5.25. The van der Waals surface area contributed by atoms with Gasteiger partial charge >= 0.3 is 0 Å². The summed E-state index contributed by atoms with van der Waals surface area (Å²) >= 11 is 0. The van der Waals surface area contributed by atoms with Crippen LogP contribution in [0.3, 0.4) is 0 Å². The first-order chi connectivity index (χ1) is 10.9. The Labute approximate surface area is 131 Å². The zero-order chi connectivity index (χ0) is 16.4. The zero-order valence-electron chi connectivity index (χ0n) is 11.9. The Balaban J connectivity index is 1.75. The number of ether oxygens (including phenoxy) is 1. The number of sulfonamides is 1. The minimum atomic E-state index is -3.97. The fourth-order valence-corrected chi connectivity index (χ4v) is 3.89. The molecule has 23 heavy (non-hydrogen) atoms. The first kappa shape index (κ1) is 15.8. The topological polar surface area (TPSA) is 72.4 Å². The summed E-state index contributed by atoms with van der Waals surface area (Å²) in [5.74, 6) is -1.57. The second kappa shape index (κ2) is 6.17. The number of hydrogen-bond acceptors (Lipinski definition) is 5. The van der Waals surface area contributed by atoms with Gasteiger partial charge in [-0.3, -0.25) is 4.98 Å². The largest absolute Gasteiger partial charge is 0.472 e. The van der Waals surface area contributed by atoms with Crippen LogP contribution in [0.4, 0.5) is 8.78 Å². The Hall–Kier alpha value is -2.13. The van der Waals surface area contributed by atoms with Gasteiger partial charge in [0.25, 0.3) is 0 Å². The number of hydrogen-bond donors (Lipinski definition) is 0. The van der Waals surface area contributed by atoms with E-state index < -0.39 is 26.6 Å². The van der Waals surface area contributed by atoms with Crippen LogP contribution in [-0.4, -0.2) is 41.9 Å². The molecule has 1 aliphatic rings. The summed E-state index contributed by atoms with van der Waals surface area (Å²) in [6, 6.07) is 2.23. The summed E-state index contributed by atoms with van der Waals surface area (Å²) in [6.07, 6.45) is 4.46. The van der Waals surface area contributed by atoms with Crippen molar-refractivity contribution in [3.63, 3.8) is 0 Å². The van der Waals surface area contributed by atoms with Crippen molar-refractivity contribution in [3.05, 3.63) is 48.4 Å². The number of halogens is 2. The first-order valence-electron chi connectivity index (χ1n) is 6.84. The summed E-state index contributed by atoms with van der Waals surface area (Å²) in [4.78, 5) is 7.41. The van der Waals surface area contributed by atoms with Gasteiger partial charge in [0.15, 0.2) is 0 Å². The molecule has 0 radical (unpaired) electrons. The second-order valence-electron chi connectivity index (χ2n) is 5.04. The molecule has 1 saturated heterocycles. The molecule has 0 bridgehead atoms. The van der Waals surface area contributed by atoms with Gasteiger partial charge in [0, 0.05) is 25.0 Å². The van der Waals surface area contributed by atoms with Crippen LogP contribution < -0.4 is 4.74 Å². The van der Waals surface area contributed by atoms with Crippen LogP contribution in [-0.2, 0) is 10.0 Å². The quantitative estimate of drug-likeness (QED) is 0.845. The Morgan fingerprint density at radius 3 is 2.57 bits per heavy atom. The van der Waals surface area contributed by atoms with E-state index in [1.165, 1.54) is 18.6 Å². The van der Waals surface area contributed by atoms with Crippen molar-refractivity contribution in [1.82, 2.24) is 14.3 Å². The molecule has 1 unspecified atom stereocenters. The lowest BCUT2D eigenvalue weighted by molar-refractivity contribution is 0.206. The van der Waals surface area contributed by atoms with E-state index in [4.69, 9.17) is 4.74 Å². The molecule has 1 aliphatic heterocycles. The van der Waals surface area contributed by atoms with E-state index in [-0.39, 0.29) is 19.2 Å². The van der Waals surface area contributed by atoms with Crippen LogP contribution in [0.2, 0.25) is 0 Å². The molecule has 0 saturated carbocycles. The number of aromatic nitrogens is 2. The molecular weight excluding hydrogens is 328 g/mol. The van der Waals surface area contributed by atoms with Gasteiger partial charge in [0.2, 0.25) is 15.9 Å². The van der Waals surface area contributed by atoms with Crippen LogP contribution in [0.1, 0.15) is 6.42 Å². The highest BCUT2D eigenvalue weighted by atomic mass is 32.2. The van der Waals surface area contributed by atoms with E-state index >= 15 is 0 Å². The third kappa shape index (κ3) is 3.45. The maximum Gasteiger partial charge on any atom is 0.243 e. The molecule has 9 heteroatoms. The van der Waals surface area contributed by atoms with E-state index in [9.17, 15) is 17.2 Å². The fourth-order valence-electron chi connectivity index (χ4n) is 2.36. The van der Waals surface area contributed by atoms with Gasteiger partial charge in [-0.2, -0.15) is 4.31 Å². The molecule has 1 fully saturated rings. The zero-order valence-corrected chi connectivity index (χ0v) is 12.7. The highest BCUT2D eigenvalue weighted by Gasteiger charge is 2.34. The van der Waals surface area contributed by atoms with Crippen molar-refractivity contribution in [3.8, 4) is 5.88 Å². The molecular formula is C14H13F2N3O3S. The third-order valence-electron chi connectivity index (χ3n) is 3.41. The van der Waals surface area contributed by atoms with Gasteiger partial charge in [-0.05, 0) is 18.6 Å². The summed E-state index contributed by atoms with van der Waals surface area (Å²) in [5.41, 5.74) is 0.